The van der Waals surface area contributed by atoms with Crippen molar-refractivity contribution in [2.45, 2.75) is 39.5 Å². The standard InChI is InChI=1S/C61H50N4O/c1-40(2)34-43-35-58(62-38-51(43)42-20-9-6-10-21-42)65-54-27-14-12-24-48(54)49-31-30-46(37-57(49)65)66-45-23-17-22-44(36-45)63-39-64(56-29-16-15-28-55(56)63)60-47(41-18-7-5-8-19-41)32-33-53-59(60)50-25-11-13-26-52(50)61(53,3)4/h5-33,35-38,40H,34,39H2,1-4H3. The van der Waals surface area contributed by atoms with Crippen molar-refractivity contribution >= 4 is 44.6 Å². The normalized spacial score (nSPS) is 13.7. The molecule has 0 atom stereocenters. The van der Waals surface area contributed by atoms with E-state index in [4.69, 9.17) is 9.72 Å². The summed E-state index contributed by atoms with van der Waals surface area (Å²) in [4.78, 5) is 10.1. The Hall–Kier alpha value is -7.89. The molecule has 0 radical (unpaired) electrons. The van der Waals surface area contributed by atoms with Crippen molar-refractivity contribution in [3.05, 3.63) is 217 Å². The van der Waals surface area contributed by atoms with Crippen LogP contribution in [0.2, 0.25) is 0 Å². The molecule has 0 bridgehead atoms. The van der Waals surface area contributed by atoms with Gasteiger partial charge in [0.2, 0.25) is 0 Å². The Morgan fingerprint density at radius 3 is 2.00 bits per heavy atom. The van der Waals surface area contributed by atoms with E-state index in [1.165, 1.54) is 66.8 Å². The number of hydrogen-bond donors (Lipinski definition) is 0. The fourth-order valence-corrected chi connectivity index (χ4v) is 10.7. The Kier molecular flexibility index (Phi) is 9.42. The van der Waals surface area contributed by atoms with Crippen molar-refractivity contribution in [1.29, 1.82) is 0 Å². The fraction of sp³-hybridized carbons (Fsp3) is 0.131. The summed E-state index contributed by atoms with van der Waals surface area (Å²) in [5.41, 5.74) is 18.1. The summed E-state index contributed by atoms with van der Waals surface area (Å²) >= 11 is 0. The first kappa shape index (κ1) is 39.7. The lowest BCUT2D eigenvalue weighted by atomic mass is 9.82. The Bertz CT molecular complexity index is 3480. The lowest BCUT2D eigenvalue weighted by molar-refractivity contribution is 0.483. The largest absolute Gasteiger partial charge is 0.457 e. The number of hydrogen-bond acceptors (Lipinski definition) is 4. The predicted octanol–water partition coefficient (Wildman–Crippen LogP) is 16.1. The van der Waals surface area contributed by atoms with Crippen molar-refractivity contribution in [3.8, 4) is 50.7 Å². The lowest BCUT2D eigenvalue weighted by Gasteiger charge is -2.28. The van der Waals surface area contributed by atoms with Gasteiger partial charge >= 0.3 is 0 Å². The number of para-hydroxylation sites is 3. The molecule has 0 amide bonds. The van der Waals surface area contributed by atoms with Gasteiger partial charge in [0.25, 0.3) is 0 Å². The van der Waals surface area contributed by atoms with E-state index < -0.39 is 0 Å². The summed E-state index contributed by atoms with van der Waals surface area (Å²) in [7, 11) is 0. The summed E-state index contributed by atoms with van der Waals surface area (Å²) in [6, 6.07) is 69.8. The molecule has 2 aromatic heterocycles. The van der Waals surface area contributed by atoms with Gasteiger partial charge in [-0.05, 0) is 94.3 Å². The van der Waals surface area contributed by atoms with Crippen molar-refractivity contribution in [1.82, 2.24) is 9.55 Å². The zero-order valence-corrected chi connectivity index (χ0v) is 37.7. The van der Waals surface area contributed by atoms with Gasteiger partial charge in [0.05, 0.1) is 28.1 Å². The zero-order valence-electron chi connectivity index (χ0n) is 37.7. The zero-order chi connectivity index (χ0) is 44.5. The molecule has 0 saturated carbocycles. The van der Waals surface area contributed by atoms with Crippen molar-refractivity contribution in [2.75, 3.05) is 16.5 Å². The summed E-state index contributed by atoms with van der Waals surface area (Å²) in [5, 5.41) is 2.34. The molecule has 1 aliphatic carbocycles. The molecule has 2 aliphatic rings. The number of pyridine rings is 1. The predicted molar refractivity (Wildman–Crippen MR) is 274 cm³/mol. The van der Waals surface area contributed by atoms with E-state index in [9.17, 15) is 0 Å². The highest BCUT2D eigenvalue weighted by atomic mass is 16.5. The van der Waals surface area contributed by atoms with E-state index in [2.05, 4.69) is 242 Å². The number of fused-ring (bicyclic) bond motifs is 7. The molecule has 0 unspecified atom stereocenters. The van der Waals surface area contributed by atoms with Crippen molar-refractivity contribution in [3.63, 3.8) is 0 Å². The van der Waals surface area contributed by atoms with E-state index in [0.29, 0.717) is 12.6 Å². The Labute approximate surface area is 386 Å². The molecule has 5 heteroatoms. The van der Waals surface area contributed by atoms with Crippen LogP contribution in [0.3, 0.4) is 0 Å². The maximum absolute atomic E-state index is 6.85. The number of rotatable bonds is 9. The summed E-state index contributed by atoms with van der Waals surface area (Å²) < 4.78 is 9.15. The van der Waals surface area contributed by atoms with Crippen LogP contribution < -0.4 is 14.5 Å². The van der Waals surface area contributed by atoms with Gasteiger partial charge in [0.1, 0.15) is 24.0 Å². The topological polar surface area (TPSA) is 33.5 Å². The number of benzene rings is 8. The van der Waals surface area contributed by atoms with Crippen LogP contribution in [0.25, 0.3) is 61.0 Å². The molecule has 0 saturated heterocycles. The number of ether oxygens (including phenoxy) is 1. The highest BCUT2D eigenvalue weighted by molar-refractivity contribution is 6.09. The van der Waals surface area contributed by atoms with Crippen LogP contribution >= 0.6 is 0 Å². The minimum absolute atomic E-state index is 0.127. The SMILES string of the molecule is CC(C)Cc1cc(-n2c3ccccc3c3ccc(Oc4cccc(N5CN(c6c(-c7ccccc7)ccc7c6-c6ccccc6C7(C)C)c6ccccc65)c4)cc32)ncc1-c1ccccc1. The number of nitrogens with zero attached hydrogens (tertiary/aromatic N) is 4. The Morgan fingerprint density at radius 1 is 0.545 bits per heavy atom. The minimum Gasteiger partial charge on any atom is -0.457 e. The van der Waals surface area contributed by atoms with Crippen LogP contribution in [0.15, 0.2) is 200 Å². The lowest BCUT2D eigenvalue weighted by Crippen LogP contribution is -2.25. The fourth-order valence-electron chi connectivity index (χ4n) is 10.7. The average Bonchev–Trinajstić information content (AvgIpc) is 3.97. The third-order valence-electron chi connectivity index (χ3n) is 13.7. The second-order valence-electron chi connectivity index (χ2n) is 18.7. The van der Waals surface area contributed by atoms with E-state index in [-0.39, 0.29) is 5.41 Å². The number of anilines is 4. The molecule has 12 rings (SSSR count). The summed E-state index contributed by atoms with van der Waals surface area (Å²) in [6.45, 7) is 9.93. The van der Waals surface area contributed by atoms with E-state index in [1.807, 2.05) is 0 Å². The van der Waals surface area contributed by atoms with E-state index in [1.54, 1.807) is 0 Å². The Morgan fingerprint density at radius 2 is 1.21 bits per heavy atom. The molecule has 5 nitrogen and oxygen atoms in total. The van der Waals surface area contributed by atoms with Gasteiger partial charge in [-0.2, -0.15) is 0 Å². The molecule has 320 valence electrons. The van der Waals surface area contributed by atoms with Gasteiger partial charge in [-0.1, -0.05) is 161 Å². The molecule has 3 heterocycles. The summed E-state index contributed by atoms with van der Waals surface area (Å²) in [6.07, 6.45) is 3.01. The summed E-state index contributed by atoms with van der Waals surface area (Å²) in [5.74, 6) is 2.93. The van der Waals surface area contributed by atoms with E-state index in [0.717, 1.165) is 51.5 Å². The molecule has 0 spiro atoms. The van der Waals surface area contributed by atoms with Crippen LogP contribution in [0, 0.1) is 5.92 Å². The van der Waals surface area contributed by atoms with Crippen LogP contribution in [0.1, 0.15) is 44.4 Å². The third kappa shape index (κ3) is 6.48. The maximum Gasteiger partial charge on any atom is 0.137 e. The number of aromatic nitrogens is 2. The first-order valence-corrected chi connectivity index (χ1v) is 23.1. The molecule has 0 N–H and O–H groups in total. The van der Waals surface area contributed by atoms with Gasteiger partial charge in [-0.25, -0.2) is 4.98 Å². The molecular formula is C61H50N4O. The van der Waals surface area contributed by atoms with Gasteiger partial charge in [0.15, 0.2) is 0 Å². The monoisotopic (exact) mass is 854 g/mol. The van der Waals surface area contributed by atoms with Gasteiger partial charge in [0, 0.05) is 56.9 Å². The third-order valence-corrected chi connectivity index (χ3v) is 13.7. The first-order valence-electron chi connectivity index (χ1n) is 23.1. The van der Waals surface area contributed by atoms with Crippen molar-refractivity contribution < 1.29 is 4.74 Å². The van der Waals surface area contributed by atoms with Crippen molar-refractivity contribution in [2.24, 2.45) is 5.92 Å². The van der Waals surface area contributed by atoms with Crippen LogP contribution in [-0.4, -0.2) is 16.2 Å². The Balaban J connectivity index is 0.929. The highest BCUT2D eigenvalue weighted by Crippen LogP contribution is 2.57. The molecule has 0 fully saturated rings. The average molecular weight is 855 g/mol. The molecule has 8 aromatic carbocycles. The smallest absolute Gasteiger partial charge is 0.137 e. The van der Waals surface area contributed by atoms with Gasteiger partial charge in [-0.3, -0.25) is 4.57 Å². The second-order valence-corrected chi connectivity index (χ2v) is 18.7. The van der Waals surface area contributed by atoms with Gasteiger partial charge < -0.3 is 14.5 Å². The van der Waals surface area contributed by atoms with Crippen LogP contribution in [0.4, 0.5) is 22.7 Å². The second kappa shape index (κ2) is 15.7. The molecule has 1 aliphatic heterocycles. The van der Waals surface area contributed by atoms with E-state index >= 15 is 0 Å². The maximum atomic E-state index is 6.85. The quantitative estimate of drug-likeness (QED) is 0.145. The van der Waals surface area contributed by atoms with Crippen LogP contribution in [-0.2, 0) is 11.8 Å². The molecule has 10 aromatic rings. The van der Waals surface area contributed by atoms with Gasteiger partial charge in [-0.15, -0.1) is 0 Å². The minimum atomic E-state index is -0.127. The van der Waals surface area contributed by atoms with Crippen LogP contribution in [0.5, 0.6) is 11.5 Å². The molecular weight excluding hydrogens is 805 g/mol. The molecule has 66 heavy (non-hydrogen) atoms. The first-order chi connectivity index (χ1) is 32.3. The highest BCUT2D eigenvalue weighted by Gasteiger charge is 2.40.